The minimum Gasteiger partial charge on any atom is -0.318 e. The van der Waals surface area contributed by atoms with Gasteiger partial charge in [0.1, 0.15) is 11.6 Å². The van der Waals surface area contributed by atoms with E-state index in [0.29, 0.717) is 10.9 Å². The van der Waals surface area contributed by atoms with Crippen LogP contribution in [0.3, 0.4) is 0 Å². The lowest BCUT2D eigenvalue weighted by Crippen LogP contribution is -2.47. The van der Waals surface area contributed by atoms with Crippen LogP contribution in [0, 0.1) is 0 Å². The average molecular weight is 272 g/mol. The molecular weight excluding hydrogens is 260 g/mol. The van der Waals surface area contributed by atoms with Gasteiger partial charge in [-0.3, -0.25) is 14.9 Å². The SMILES string of the molecule is CC1(C)SC[C@H](C(=O)Nc2nncs2)N1C=O. The Morgan fingerprint density at radius 3 is 3.06 bits per heavy atom. The molecule has 0 saturated carbocycles. The van der Waals surface area contributed by atoms with E-state index in [9.17, 15) is 9.59 Å². The molecule has 0 spiro atoms. The van der Waals surface area contributed by atoms with Crippen LogP contribution in [0.1, 0.15) is 13.8 Å². The second-order valence-electron chi connectivity index (χ2n) is 4.02. The van der Waals surface area contributed by atoms with E-state index in [1.165, 1.54) is 16.2 Å². The van der Waals surface area contributed by atoms with Crippen LogP contribution >= 0.6 is 23.1 Å². The molecular formula is C9H12N4O2S2. The van der Waals surface area contributed by atoms with Gasteiger partial charge in [-0.15, -0.1) is 22.0 Å². The van der Waals surface area contributed by atoms with Crippen molar-refractivity contribution in [2.75, 3.05) is 11.1 Å². The molecule has 1 aliphatic heterocycles. The molecule has 8 heteroatoms. The van der Waals surface area contributed by atoms with Gasteiger partial charge >= 0.3 is 0 Å². The predicted molar refractivity (Wildman–Crippen MR) is 66.8 cm³/mol. The van der Waals surface area contributed by atoms with Crippen molar-refractivity contribution in [2.24, 2.45) is 0 Å². The molecule has 1 aromatic heterocycles. The van der Waals surface area contributed by atoms with Crippen LogP contribution in [0.2, 0.25) is 0 Å². The summed E-state index contributed by atoms with van der Waals surface area (Å²) < 4.78 is 0. The highest BCUT2D eigenvalue weighted by Gasteiger charge is 2.43. The van der Waals surface area contributed by atoms with E-state index in [4.69, 9.17) is 0 Å². The van der Waals surface area contributed by atoms with Gasteiger partial charge in [0.15, 0.2) is 0 Å². The Kier molecular flexibility index (Phi) is 3.34. The summed E-state index contributed by atoms with van der Waals surface area (Å²) in [7, 11) is 0. The number of carbonyl (C=O) groups is 2. The van der Waals surface area contributed by atoms with Crippen molar-refractivity contribution in [1.29, 1.82) is 0 Å². The zero-order chi connectivity index (χ0) is 12.5. The quantitative estimate of drug-likeness (QED) is 0.823. The third-order valence-corrected chi connectivity index (χ3v) is 4.56. The summed E-state index contributed by atoms with van der Waals surface area (Å²) in [5.41, 5.74) is 1.54. The van der Waals surface area contributed by atoms with Crippen LogP contribution in [0.5, 0.6) is 0 Å². The maximum absolute atomic E-state index is 12.0. The molecule has 0 aromatic carbocycles. The van der Waals surface area contributed by atoms with Crippen molar-refractivity contribution < 1.29 is 9.59 Å². The minimum atomic E-state index is -0.448. The number of anilines is 1. The van der Waals surface area contributed by atoms with Crippen molar-refractivity contribution in [3.05, 3.63) is 5.51 Å². The van der Waals surface area contributed by atoms with Gasteiger partial charge in [0.2, 0.25) is 17.4 Å². The first-order valence-electron chi connectivity index (χ1n) is 4.99. The Morgan fingerprint density at radius 2 is 2.47 bits per heavy atom. The maximum Gasteiger partial charge on any atom is 0.249 e. The van der Waals surface area contributed by atoms with Gasteiger partial charge in [-0.1, -0.05) is 11.3 Å². The van der Waals surface area contributed by atoms with Crippen LogP contribution in [-0.4, -0.2) is 44.1 Å². The number of thioether (sulfide) groups is 1. The fourth-order valence-electron chi connectivity index (χ4n) is 1.63. The Balaban J connectivity index is 2.07. The topological polar surface area (TPSA) is 75.2 Å². The number of nitrogens with one attached hydrogen (secondary N) is 1. The summed E-state index contributed by atoms with van der Waals surface area (Å²) in [4.78, 5) is 24.2. The standard InChI is InChI=1S/C9H12N4O2S2/c1-9(2)13(5-14)6(3-17-9)7(15)11-8-12-10-4-16-8/h4-6H,3H2,1-2H3,(H,11,12,15)/t6-/m1/s1. The van der Waals surface area contributed by atoms with Gasteiger partial charge in [0.25, 0.3) is 0 Å². The molecule has 17 heavy (non-hydrogen) atoms. The van der Waals surface area contributed by atoms with Crippen LogP contribution < -0.4 is 5.32 Å². The monoisotopic (exact) mass is 272 g/mol. The first-order valence-corrected chi connectivity index (χ1v) is 6.86. The third-order valence-electron chi connectivity index (χ3n) is 2.56. The molecule has 2 heterocycles. The normalized spacial score (nSPS) is 22.5. The van der Waals surface area contributed by atoms with Crippen molar-refractivity contribution >= 4 is 40.5 Å². The summed E-state index contributed by atoms with van der Waals surface area (Å²) in [6, 6.07) is -0.448. The average Bonchev–Trinajstić information content (AvgIpc) is 2.85. The number of aromatic nitrogens is 2. The summed E-state index contributed by atoms with van der Waals surface area (Å²) in [6.45, 7) is 3.84. The molecule has 1 aromatic rings. The minimum absolute atomic E-state index is 0.216. The van der Waals surface area contributed by atoms with E-state index in [-0.39, 0.29) is 10.8 Å². The molecule has 0 unspecified atom stereocenters. The van der Waals surface area contributed by atoms with Gasteiger partial charge in [-0.2, -0.15) is 0 Å². The molecule has 2 amide bonds. The number of carbonyl (C=O) groups excluding carboxylic acids is 2. The molecule has 0 radical (unpaired) electrons. The first kappa shape index (κ1) is 12.3. The van der Waals surface area contributed by atoms with E-state index >= 15 is 0 Å². The molecule has 0 aliphatic carbocycles. The molecule has 1 fully saturated rings. The Labute approximate surface area is 107 Å². The second-order valence-corrected chi connectivity index (χ2v) is 6.47. The Hall–Kier alpha value is -1.15. The smallest absolute Gasteiger partial charge is 0.249 e. The lowest BCUT2D eigenvalue weighted by molar-refractivity contribution is -0.130. The number of nitrogens with zero attached hydrogens (tertiary/aromatic N) is 3. The maximum atomic E-state index is 12.0. The van der Waals surface area contributed by atoms with Gasteiger partial charge in [0, 0.05) is 5.75 Å². The molecule has 6 nitrogen and oxygen atoms in total. The van der Waals surface area contributed by atoms with Crippen LogP contribution in [0.15, 0.2) is 5.51 Å². The molecule has 92 valence electrons. The van der Waals surface area contributed by atoms with Gasteiger partial charge in [0.05, 0.1) is 4.87 Å². The molecule has 1 atom stereocenters. The molecule has 2 rings (SSSR count). The van der Waals surface area contributed by atoms with E-state index in [1.54, 1.807) is 17.3 Å². The summed E-state index contributed by atoms with van der Waals surface area (Å²) in [6.07, 6.45) is 0.727. The number of amides is 2. The van der Waals surface area contributed by atoms with E-state index in [0.717, 1.165) is 6.41 Å². The highest BCUT2D eigenvalue weighted by molar-refractivity contribution is 8.00. The highest BCUT2D eigenvalue weighted by atomic mass is 32.2. The van der Waals surface area contributed by atoms with Gasteiger partial charge in [-0.25, -0.2) is 0 Å². The first-order chi connectivity index (χ1) is 8.04. The molecule has 1 N–H and O–H groups in total. The molecule has 1 saturated heterocycles. The number of hydrogen-bond donors (Lipinski definition) is 1. The predicted octanol–water partition coefficient (Wildman–Crippen LogP) is 0.786. The van der Waals surface area contributed by atoms with Crippen LogP contribution in [0.25, 0.3) is 0 Å². The molecule has 0 bridgehead atoms. The van der Waals surface area contributed by atoms with Crippen molar-refractivity contribution in [2.45, 2.75) is 24.8 Å². The van der Waals surface area contributed by atoms with Crippen LogP contribution in [-0.2, 0) is 9.59 Å². The summed E-state index contributed by atoms with van der Waals surface area (Å²) >= 11 is 2.83. The Morgan fingerprint density at radius 1 is 1.71 bits per heavy atom. The lowest BCUT2D eigenvalue weighted by atomic mass is 10.2. The van der Waals surface area contributed by atoms with E-state index in [1.807, 2.05) is 13.8 Å². The van der Waals surface area contributed by atoms with Crippen LogP contribution in [0.4, 0.5) is 5.13 Å². The molecule has 1 aliphatic rings. The van der Waals surface area contributed by atoms with Gasteiger partial charge in [-0.05, 0) is 13.8 Å². The largest absolute Gasteiger partial charge is 0.318 e. The Bertz CT molecular complexity index is 421. The lowest BCUT2D eigenvalue weighted by Gasteiger charge is -2.29. The van der Waals surface area contributed by atoms with Gasteiger partial charge < -0.3 is 4.90 Å². The van der Waals surface area contributed by atoms with Crippen molar-refractivity contribution in [3.8, 4) is 0 Å². The fraction of sp³-hybridized carbons (Fsp3) is 0.556. The van der Waals surface area contributed by atoms with E-state index in [2.05, 4.69) is 15.5 Å². The zero-order valence-corrected chi connectivity index (χ0v) is 11.0. The zero-order valence-electron chi connectivity index (χ0n) is 9.41. The van der Waals surface area contributed by atoms with Crippen molar-refractivity contribution in [3.63, 3.8) is 0 Å². The fourth-order valence-corrected chi connectivity index (χ4v) is 3.28. The number of hydrogen-bond acceptors (Lipinski definition) is 6. The second kappa shape index (κ2) is 4.61. The highest BCUT2D eigenvalue weighted by Crippen LogP contribution is 2.37. The van der Waals surface area contributed by atoms with Crippen molar-refractivity contribution in [1.82, 2.24) is 15.1 Å². The number of rotatable bonds is 3. The summed E-state index contributed by atoms with van der Waals surface area (Å²) in [5, 5.41) is 10.5. The third kappa shape index (κ3) is 2.42. The van der Waals surface area contributed by atoms with E-state index < -0.39 is 6.04 Å². The summed E-state index contributed by atoms with van der Waals surface area (Å²) in [5.74, 6) is 0.378.